The zero-order valence-corrected chi connectivity index (χ0v) is 19.7. The highest BCUT2D eigenvalue weighted by atomic mass is 16.5. The van der Waals surface area contributed by atoms with E-state index in [1.165, 1.54) is 23.8 Å². The van der Waals surface area contributed by atoms with Crippen molar-refractivity contribution in [2.45, 2.75) is 6.54 Å². The molecule has 0 saturated carbocycles. The van der Waals surface area contributed by atoms with Crippen molar-refractivity contribution >= 4 is 34.8 Å². The van der Waals surface area contributed by atoms with Crippen LogP contribution in [-0.2, 0) is 16.1 Å². The Hall–Kier alpha value is -5.25. The number of amides is 2. The number of carbonyl (C=O) groups excluding carboxylic acids is 2. The number of hydrogen-bond donors (Lipinski definition) is 2. The molecule has 10 nitrogen and oxygen atoms in total. The number of methoxy groups -OCH3 is 1. The van der Waals surface area contributed by atoms with E-state index in [2.05, 4.69) is 15.4 Å². The number of hydrazine groups is 1. The summed E-state index contributed by atoms with van der Waals surface area (Å²) in [5.41, 5.74) is 4.45. The number of phenolic OH excluding ortho intramolecular Hbond substituents is 1. The van der Waals surface area contributed by atoms with Crippen molar-refractivity contribution in [3.8, 4) is 11.5 Å². The third-order valence-corrected chi connectivity index (χ3v) is 5.69. The van der Waals surface area contributed by atoms with Gasteiger partial charge in [0.1, 0.15) is 12.2 Å². The van der Waals surface area contributed by atoms with Crippen LogP contribution in [0.4, 0.5) is 0 Å². The minimum atomic E-state index is -0.594. The second-order valence-corrected chi connectivity index (χ2v) is 8.11. The summed E-state index contributed by atoms with van der Waals surface area (Å²) in [7, 11) is 1.42. The number of nitrogens with one attached hydrogen (secondary N) is 1. The first-order chi connectivity index (χ1) is 17.9. The minimum absolute atomic E-state index is 0.0383. The van der Waals surface area contributed by atoms with Crippen LogP contribution in [0.15, 0.2) is 94.5 Å². The van der Waals surface area contributed by atoms with E-state index in [-0.39, 0.29) is 29.6 Å². The van der Waals surface area contributed by atoms with Crippen molar-refractivity contribution in [2.75, 3.05) is 7.11 Å². The molecule has 0 radical (unpaired) electrons. The normalized spacial score (nSPS) is 14.2. The number of phenols is 1. The topological polar surface area (TPSA) is 126 Å². The van der Waals surface area contributed by atoms with Gasteiger partial charge < -0.3 is 9.84 Å². The number of carbonyl (C=O) groups is 2. The van der Waals surface area contributed by atoms with Crippen LogP contribution < -0.4 is 15.7 Å². The summed E-state index contributed by atoms with van der Waals surface area (Å²) in [5.74, 6) is -0.729. The molecule has 2 N–H and O–H groups in total. The number of nitrogens with zero attached hydrogens (tertiary/aromatic N) is 4. The fourth-order valence-corrected chi connectivity index (χ4v) is 3.92. The highest BCUT2D eigenvalue weighted by Crippen LogP contribution is 2.28. The van der Waals surface area contributed by atoms with Gasteiger partial charge in [-0.15, -0.1) is 0 Å². The van der Waals surface area contributed by atoms with Gasteiger partial charge in [-0.25, -0.2) is 9.98 Å². The molecule has 0 saturated heterocycles. The summed E-state index contributed by atoms with van der Waals surface area (Å²) >= 11 is 0. The van der Waals surface area contributed by atoms with Crippen LogP contribution in [0.1, 0.15) is 11.1 Å². The Morgan fingerprint density at radius 1 is 1.05 bits per heavy atom. The lowest BCUT2D eigenvalue weighted by Crippen LogP contribution is -2.49. The maximum absolute atomic E-state index is 13.4. The first kappa shape index (κ1) is 23.5. The molecule has 1 aliphatic rings. The van der Waals surface area contributed by atoms with E-state index in [4.69, 9.17) is 4.74 Å². The smallest absolute Gasteiger partial charge is 0.297 e. The van der Waals surface area contributed by atoms with E-state index in [1.807, 2.05) is 6.07 Å². The molecule has 2 heterocycles. The van der Waals surface area contributed by atoms with Crippen molar-refractivity contribution < 1.29 is 19.4 Å². The number of aromatic hydroxyl groups is 1. The van der Waals surface area contributed by atoms with E-state index in [9.17, 15) is 19.5 Å². The van der Waals surface area contributed by atoms with E-state index >= 15 is 0 Å². The van der Waals surface area contributed by atoms with Gasteiger partial charge in [-0.2, -0.15) is 5.01 Å². The number of aliphatic imine (C=N–C) groups is 1. The average Bonchev–Trinajstić information content (AvgIpc) is 3.21. The van der Waals surface area contributed by atoms with E-state index in [1.54, 1.807) is 60.7 Å². The Balaban J connectivity index is 1.47. The minimum Gasteiger partial charge on any atom is -0.504 e. The molecule has 0 fully saturated rings. The number of benzene rings is 3. The predicted molar refractivity (Wildman–Crippen MR) is 137 cm³/mol. The molecule has 0 atom stereocenters. The van der Waals surface area contributed by atoms with Gasteiger partial charge in [-0.1, -0.05) is 48.5 Å². The van der Waals surface area contributed by atoms with Crippen LogP contribution >= 0.6 is 0 Å². The lowest BCUT2D eigenvalue weighted by molar-refractivity contribution is -0.133. The van der Waals surface area contributed by atoms with Crippen molar-refractivity contribution in [3.05, 3.63) is 106 Å². The van der Waals surface area contributed by atoms with Crippen LogP contribution in [0.2, 0.25) is 0 Å². The summed E-state index contributed by atoms with van der Waals surface area (Å²) in [5, 5.41) is 10.9. The van der Waals surface area contributed by atoms with Gasteiger partial charge >= 0.3 is 0 Å². The van der Waals surface area contributed by atoms with E-state index in [0.29, 0.717) is 22.2 Å². The van der Waals surface area contributed by atoms with Gasteiger partial charge in [-0.3, -0.25) is 24.4 Å². The number of hydrogen-bond acceptors (Lipinski definition) is 7. The number of amidine groups is 1. The predicted octanol–water partition coefficient (Wildman–Crippen LogP) is 2.47. The zero-order chi connectivity index (χ0) is 25.9. The lowest BCUT2D eigenvalue weighted by Gasteiger charge is -2.20. The molecule has 1 aromatic heterocycles. The standard InChI is InChI=1S/C27H21N5O5/c1-37-23-14-17(11-12-22(23)33)13-20-27(36)32(26(29-20)18-7-3-2-4-8-18)30-24(34)16-31-21-10-6-5-9-19(21)28-15-25(31)35/h2-15,33H,16H2,1H3,(H,30,34)/b20-13+. The van der Waals surface area contributed by atoms with Crippen molar-refractivity contribution in [3.63, 3.8) is 0 Å². The molecule has 0 unspecified atom stereocenters. The fraction of sp³-hybridized carbons (Fsp3) is 0.0741. The maximum Gasteiger partial charge on any atom is 0.297 e. The van der Waals surface area contributed by atoms with Crippen LogP contribution in [0.3, 0.4) is 0 Å². The molecule has 0 spiro atoms. The van der Waals surface area contributed by atoms with Crippen molar-refractivity contribution in [2.24, 2.45) is 4.99 Å². The van der Waals surface area contributed by atoms with E-state index < -0.39 is 17.4 Å². The zero-order valence-electron chi connectivity index (χ0n) is 19.7. The van der Waals surface area contributed by atoms with Gasteiger partial charge in [0, 0.05) is 5.56 Å². The van der Waals surface area contributed by atoms with Gasteiger partial charge in [0.25, 0.3) is 17.4 Å². The molecule has 5 rings (SSSR count). The molecule has 37 heavy (non-hydrogen) atoms. The molecule has 10 heteroatoms. The quantitative estimate of drug-likeness (QED) is 0.396. The number of para-hydroxylation sites is 2. The molecular weight excluding hydrogens is 474 g/mol. The molecule has 3 aromatic carbocycles. The Morgan fingerprint density at radius 3 is 2.59 bits per heavy atom. The highest BCUT2D eigenvalue weighted by molar-refractivity contribution is 6.20. The first-order valence-corrected chi connectivity index (χ1v) is 11.3. The van der Waals surface area contributed by atoms with Gasteiger partial charge in [0.2, 0.25) is 0 Å². The Bertz CT molecular complexity index is 1640. The summed E-state index contributed by atoms with van der Waals surface area (Å²) in [6.07, 6.45) is 2.68. The van der Waals surface area contributed by atoms with Crippen molar-refractivity contribution in [1.82, 2.24) is 20.0 Å². The second-order valence-electron chi connectivity index (χ2n) is 8.11. The fourth-order valence-electron chi connectivity index (χ4n) is 3.92. The summed E-state index contributed by atoms with van der Waals surface area (Å²) in [6.45, 7) is -0.331. The third kappa shape index (κ3) is 4.67. The average molecular weight is 495 g/mol. The number of rotatable bonds is 6. The monoisotopic (exact) mass is 495 g/mol. The van der Waals surface area contributed by atoms with Gasteiger partial charge in [0.05, 0.1) is 24.3 Å². The Kier molecular flexibility index (Phi) is 6.21. The van der Waals surface area contributed by atoms with Gasteiger partial charge in [-0.05, 0) is 35.9 Å². The number of fused-ring (bicyclic) bond motifs is 1. The van der Waals surface area contributed by atoms with Crippen LogP contribution in [-0.4, -0.2) is 44.4 Å². The Labute approximate surface area is 210 Å². The molecular formula is C27H21N5O5. The van der Waals surface area contributed by atoms with Crippen LogP contribution in [0, 0.1) is 0 Å². The maximum atomic E-state index is 13.4. The molecule has 1 aliphatic heterocycles. The Morgan fingerprint density at radius 2 is 1.81 bits per heavy atom. The molecule has 4 aromatic rings. The second kappa shape index (κ2) is 9.78. The highest BCUT2D eigenvalue weighted by Gasteiger charge is 2.33. The van der Waals surface area contributed by atoms with Crippen LogP contribution in [0.25, 0.3) is 17.1 Å². The first-order valence-electron chi connectivity index (χ1n) is 11.3. The summed E-state index contributed by atoms with van der Waals surface area (Å²) in [4.78, 5) is 47.5. The largest absolute Gasteiger partial charge is 0.504 e. The third-order valence-electron chi connectivity index (χ3n) is 5.69. The number of aromatic nitrogens is 2. The van der Waals surface area contributed by atoms with E-state index in [0.717, 1.165) is 11.2 Å². The number of ether oxygens (including phenoxy) is 1. The summed E-state index contributed by atoms with van der Waals surface area (Å²) in [6, 6.07) is 20.5. The van der Waals surface area contributed by atoms with Crippen molar-refractivity contribution in [1.29, 1.82) is 0 Å². The SMILES string of the molecule is COc1cc(/C=C2/N=C(c3ccccc3)N(NC(=O)Cn3c(=O)cnc4ccccc43)C2=O)ccc1O. The summed E-state index contributed by atoms with van der Waals surface area (Å²) < 4.78 is 6.43. The van der Waals surface area contributed by atoms with Crippen LogP contribution in [0.5, 0.6) is 11.5 Å². The molecule has 0 bridgehead atoms. The molecule has 184 valence electrons. The van der Waals surface area contributed by atoms with Gasteiger partial charge in [0.15, 0.2) is 17.3 Å². The molecule has 2 amide bonds. The lowest BCUT2D eigenvalue weighted by atomic mass is 10.1. The molecule has 0 aliphatic carbocycles.